The van der Waals surface area contributed by atoms with Crippen LogP contribution in [0.2, 0.25) is 0 Å². The molecular weight excluding hydrogens is 254 g/mol. The highest BCUT2D eigenvalue weighted by molar-refractivity contribution is 7.85. The van der Waals surface area contributed by atoms with Crippen LogP contribution in [0.4, 0.5) is 0 Å². The molecule has 0 saturated carbocycles. The molecule has 0 radical (unpaired) electrons. The lowest BCUT2D eigenvalue weighted by molar-refractivity contribution is 0.685. The molecule has 0 amide bonds. The normalized spacial score (nSPS) is 19.3. The Morgan fingerprint density at radius 1 is 0.842 bits per heavy atom. The molecule has 2 heterocycles. The highest BCUT2D eigenvalue weighted by Crippen LogP contribution is 2.21. The van der Waals surface area contributed by atoms with E-state index in [1.54, 1.807) is 0 Å². The number of aryl methyl sites for hydroxylation is 1. The van der Waals surface area contributed by atoms with Crippen molar-refractivity contribution in [3.8, 4) is 0 Å². The van der Waals surface area contributed by atoms with Crippen LogP contribution in [-0.4, -0.2) is 9.96 Å². The molecule has 2 aromatic carbocycles. The fourth-order valence-corrected chi connectivity index (χ4v) is 3.80. The van der Waals surface area contributed by atoms with Crippen molar-refractivity contribution < 1.29 is 4.21 Å². The van der Waals surface area contributed by atoms with E-state index in [2.05, 4.69) is 35.6 Å². The molecule has 2 aliphatic rings. The summed E-state index contributed by atoms with van der Waals surface area (Å²) >= 11 is 0. The fourth-order valence-electron chi connectivity index (χ4n) is 2.48. The molecule has 2 aliphatic heterocycles. The molecule has 98 valence electrons. The van der Waals surface area contributed by atoms with E-state index in [-0.39, 0.29) is 0 Å². The molecule has 0 aliphatic carbocycles. The van der Waals surface area contributed by atoms with Crippen LogP contribution in [0, 0.1) is 0 Å². The molecule has 0 saturated heterocycles. The van der Waals surface area contributed by atoms with Gasteiger partial charge in [0.05, 0.1) is 10.8 Å². The maximum Gasteiger partial charge on any atom is 0.0535 e. The molecule has 0 bridgehead atoms. The zero-order chi connectivity index (χ0) is 13.1. The van der Waals surface area contributed by atoms with Gasteiger partial charge in [-0.2, -0.15) is 0 Å². The van der Waals surface area contributed by atoms with Crippen molar-refractivity contribution in [2.45, 2.75) is 24.4 Å². The minimum atomic E-state index is -0.698. The highest BCUT2D eigenvalue weighted by atomic mass is 32.2. The molecule has 4 rings (SSSR count). The van der Waals surface area contributed by atoms with Gasteiger partial charge in [-0.15, -0.1) is 0 Å². The first-order valence-electron chi connectivity index (χ1n) is 6.58. The summed E-state index contributed by atoms with van der Waals surface area (Å²) in [6, 6.07) is 16.5. The van der Waals surface area contributed by atoms with Gasteiger partial charge >= 0.3 is 0 Å². The van der Waals surface area contributed by atoms with Crippen molar-refractivity contribution in [3.63, 3.8) is 0 Å². The van der Waals surface area contributed by atoms with Crippen LogP contribution in [0.3, 0.4) is 0 Å². The van der Waals surface area contributed by atoms with Crippen LogP contribution in [0.1, 0.15) is 16.7 Å². The Bertz CT molecular complexity index is 586. The first-order chi connectivity index (χ1) is 9.34. The van der Waals surface area contributed by atoms with Crippen molar-refractivity contribution in [2.75, 3.05) is 5.75 Å². The second kappa shape index (κ2) is 5.68. The molecule has 0 spiro atoms. The van der Waals surface area contributed by atoms with Crippen molar-refractivity contribution in [3.05, 3.63) is 65.2 Å². The van der Waals surface area contributed by atoms with Crippen LogP contribution >= 0.6 is 0 Å². The Kier molecular flexibility index (Phi) is 3.76. The lowest BCUT2D eigenvalue weighted by Crippen LogP contribution is -1.99. The van der Waals surface area contributed by atoms with E-state index in [0.29, 0.717) is 0 Å². The molecule has 1 atom stereocenters. The van der Waals surface area contributed by atoms with Crippen LogP contribution in [0.15, 0.2) is 53.4 Å². The Balaban J connectivity index is 0.000000117. The second-order valence-corrected chi connectivity index (χ2v) is 6.32. The van der Waals surface area contributed by atoms with E-state index in [4.69, 9.17) is 0 Å². The SMILES string of the molecule is O=S1CCc2ccccc21.c1ccc2c(c1)CNC2. The molecule has 1 unspecified atom stereocenters. The predicted molar refractivity (Wildman–Crippen MR) is 78.4 cm³/mol. The molecule has 19 heavy (non-hydrogen) atoms. The number of benzene rings is 2. The van der Waals surface area contributed by atoms with Gasteiger partial charge in [-0.3, -0.25) is 4.21 Å². The first-order valence-corrected chi connectivity index (χ1v) is 7.90. The molecule has 2 nitrogen and oxygen atoms in total. The van der Waals surface area contributed by atoms with Crippen LogP contribution in [0.25, 0.3) is 0 Å². The van der Waals surface area contributed by atoms with E-state index in [1.165, 1.54) is 16.7 Å². The largest absolute Gasteiger partial charge is 0.309 e. The Morgan fingerprint density at radius 3 is 2.05 bits per heavy atom. The first kappa shape index (κ1) is 12.6. The Hall–Kier alpha value is -1.45. The van der Waals surface area contributed by atoms with Gasteiger partial charge in [0, 0.05) is 23.7 Å². The summed E-state index contributed by atoms with van der Waals surface area (Å²) in [6.07, 6.45) is 0.989. The van der Waals surface area contributed by atoms with Gasteiger partial charge in [-0.05, 0) is 29.2 Å². The van der Waals surface area contributed by atoms with Gasteiger partial charge < -0.3 is 5.32 Å². The van der Waals surface area contributed by atoms with Gasteiger partial charge in [-0.25, -0.2) is 0 Å². The van der Waals surface area contributed by atoms with Crippen LogP contribution < -0.4 is 5.32 Å². The summed E-state index contributed by atoms with van der Waals surface area (Å²) in [5, 5.41) is 3.29. The lowest BCUT2D eigenvalue weighted by atomic mass is 10.1. The van der Waals surface area contributed by atoms with Crippen molar-refractivity contribution in [1.82, 2.24) is 5.32 Å². The maximum atomic E-state index is 11.2. The summed E-state index contributed by atoms with van der Waals surface area (Å²) in [5.41, 5.74) is 4.18. The fraction of sp³-hybridized carbons (Fsp3) is 0.250. The minimum Gasteiger partial charge on any atom is -0.309 e. The summed E-state index contributed by atoms with van der Waals surface area (Å²) in [5.74, 6) is 0.819. The number of hydrogen-bond acceptors (Lipinski definition) is 2. The third-order valence-electron chi connectivity index (χ3n) is 3.52. The highest BCUT2D eigenvalue weighted by Gasteiger charge is 2.15. The minimum absolute atomic E-state index is 0.698. The lowest BCUT2D eigenvalue weighted by Gasteiger charge is -1.92. The number of fused-ring (bicyclic) bond motifs is 2. The van der Waals surface area contributed by atoms with E-state index in [9.17, 15) is 4.21 Å². The van der Waals surface area contributed by atoms with Crippen molar-refractivity contribution in [1.29, 1.82) is 0 Å². The average molecular weight is 271 g/mol. The molecular formula is C16H17NOS. The van der Waals surface area contributed by atoms with Gasteiger partial charge in [-0.1, -0.05) is 42.5 Å². The molecule has 2 aromatic rings. The zero-order valence-electron chi connectivity index (χ0n) is 10.8. The molecule has 0 fully saturated rings. The second-order valence-electron chi connectivity index (χ2n) is 4.78. The van der Waals surface area contributed by atoms with Crippen molar-refractivity contribution in [2.24, 2.45) is 0 Å². The molecule has 3 heteroatoms. The van der Waals surface area contributed by atoms with E-state index in [1.807, 2.05) is 18.2 Å². The quantitative estimate of drug-likeness (QED) is 0.798. The van der Waals surface area contributed by atoms with Gasteiger partial charge in [0.25, 0.3) is 0 Å². The van der Waals surface area contributed by atoms with Crippen molar-refractivity contribution >= 4 is 10.8 Å². The van der Waals surface area contributed by atoms with Crippen LogP contribution in [-0.2, 0) is 30.3 Å². The van der Waals surface area contributed by atoms with E-state index < -0.39 is 10.8 Å². The Labute approximate surface area is 116 Å². The molecule has 0 aromatic heterocycles. The maximum absolute atomic E-state index is 11.2. The average Bonchev–Trinajstić information content (AvgIpc) is 3.07. The predicted octanol–water partition coefficient (Wildman–Crippen LogP) is 2.64. The topological polar surface area (TPSA) is 29.1 Å². The smallest absolute Gasteiger partial charge is 0.0535 e. The number of hydrogen-bond donors (Lipinski definition) is 1. The Morgan fingerprint density at radius 2 is 1.42 bits per heavy atom. The summed E-state index contributed by atoms with van der Waals surface area (Å²) < 4.78 is 11.2. The number of rotatable bonds is 0. The standard InChI is InChI=1S/C8H9N.C8H8OS/c1-2-4-8-6-9-5-7(8)3-1;9-10-6-5-7-3-1-2-4-8(7)10/h1-4,9H,5-6H2;1-4H,5-6H2. The van der Waals surface area contributed by atoms with Crippen LogP contribution in [0.5, 0.6) is 0 Å². The van der Waals surface area contributed by atoms with E-state index in [0.717, 1.165) is 30.2 Å². The van der Waals surface area contributed by atoms with E-state index >= 15 is 0 Å². The third-order valence-corrected chi connectivity index (χ3v) is 4.99. The third kappa shape index (κ3) is 2.77. The summed E-state index contributed by atoms with van der Waals surface area (Å²) in [4.78, 5) is 1.04. The summed E-state index contributed by atoms with van der Waals surface area (Å²) in [7, 11) is -0.698. The van der Waals surface area contributed by atoms with Gasteiger partial charge in [0.1, 0.15) is 0 Å². The number of nitrogens with one attached hydrogen (secondary N) is 1. The van der Waals surface area contributed by atoms with Gasteiger partial charge in [0.15, 0.2) is 0 Å². The van der Waals surface area contributed by atoms with Gasteiger partial charge in [0.2, 0.25) is 0 Å². The molecule has 1 N–H and O–H groups in total. The zero-order valence-corrected chi connectivity index (χ0v) is 11.6. The summed E-state index contributed by atoms with van der Waals surface area (Å²) in [6.45, 7) is 2.10. The monoisotopic (exact) mass is 271 g/mol.